The molecule has 1 fully saturated rings. The summed E-state index contributed by atoms with van der Waals surface area (Å²) in [6.07, 6.45) is -2.30. The van der Waals surface area contributed by atoms with Crippen molar-refractivity contribution in [1.29, 1.82) is 0 Å². The van der Waals surface area contributed by atoms with E-state index in [0.29, 0.717) is 12.3 Å². The van der Waals surface area contributed by atoms with Crippen LogP contribution in [0.25, 0.3) is 0 Å². The van der Waals surface area contributed by atoms with Crippen LogP contribution < -0.4 is 4.74 Å². The number of ether oxygens (including phenoxy) is 1. The second-order valence-corrected chi connectivity index (χ2v) is 8.87. The minimum absolute atomic E-state index is 0.327. The van der Waals surface area contributed by atoms with Crippen LogP contribution in [0.1, 0.15) is 34.9 Å². The van der Waals surface area contributed by atoms with Crippen molar-refractivity contribution in [3.05, 3.63) is 58.3 Å². The highest BCUT2D eigenvalue weighted by Crippen LogP contribution is 2.35. The molecule has 1 aliphatic heterocycles. The normalized spacial score (nSPS) is 27.1. The summed E-state index contributed by atoms with van der Waals surface area (Å²) in [6.45, 7) is 5.66. The van der Waals surface area contributed by atoms with Crippen molar-refractivity contribution in [1.82, 2.24) is 4.98 Å². The van der Waals surface area contributed by atoms with Crippen LogP contribution in [0.2, 0.25) is 0 Å². The van der Waals surface area contributed by atoms with E-state index < -0.39 is 29.0 Å². The first-order chi connectivity index (χ1) is 13.8. The van der Waals surface area contributed by atoms with E-state index in [1.165, 1.54) is 5.56 Å². The summed E-state index contributed by atoms with van der Waals surface area (Å²) in [6, 6.07) is 10.4. The molecule has 0 aliphatic carbocycles. The van der Waals surface area contributed by atoms with Crippen LogP contribution in [0.15, 0.2) is 30.3 Å². The van der Waals surface area contributed by atoms with Gasteiger partial charge in [-0.1, -0.05) is 31.2 Å². The molecule has 7 heteroatoms. The fourth-order valence-corrected chi connectivity index (χ4v) is 4.73. The van der Waals surface area contributed by atoms with E-state index in [1.807, 2.05) is 19.9 Å². The zero-order valence-corrected chi connectivity index (χ0v) is 17.8. The average Bonchev–Trinajstić information content (AvgIpc) is 2.71. The summed E-state index contributed by atoms with van der Waals surface area (Å²) in [7, 11) is 0. The lowest BCUT2D eigenvalue weighted by atomic mass is 10.00. The lowest BCUT2D eigenvalue weighted by molar-refractivity contribution is -0.0915. The van der Waals surface area contributed by atoms with Crippen LogP contribution in [-0.4, -0.2) is 61.0 Å². The first-order valence-corrected chi connectivity index (χ1v) is 10.8. The van der Waals surface area contributed by atoms with Crippen molar-refractivity contribution in [2.24, 2.45) is 0 Å². The van der Waals surface area contributed by atoms with Crippen LogP contribution in [0.3, 0.4) is 0 Å². The van der Waals surface area contributed by atoms with Crippen LogP contribution in [-0.2, 0) is 12.8 Å². The van der Waals surface area contributed by atoms with Gasteiger partial charge in [-0.15, -0.1) is 11.8 Å². The molecule has 0 unspecified atom stereocenters. The van der Waals surface area contributed by atoms with Gasteiger partial charge in [-0.25, -0.2) is 4.98 Å². The van der Waals surface area contributed by atoms with E-state index in [2.05, 4.69) is 36.2 Å². The number of rotatable bonds is 6. The Morgan fingerprint density at radius 3 is 2.28 bits per heavy atom. The second kappa shape index (κ2) is 9.45. The molecule has 1 aromatic carbocycles. The molecular weight excluding hydrogens is 390 g/mol. The Morgan fingerprint density at radius 2 is 1.66 bits per heavy atom. The largest absolute Gasteiger partial charge is 0.460 e. The SMILES string of the molecule is CCc1ccc(Cc2c(C)cc(C)nc2O[C@@H]2S[C@H](CO)[C@@H](O)[C@H](O)[C@H]2O)cc1. The van der Waals surface area contributed by atoms with Gasteiger partial charge in [0.25, 0.3) is 0 Å². The van der Waals surface area contributed by atoms with E-state index in [9.17, 15) is 20.4 Å². The smallest absolute Gasteiger partial charge is 0.218 e. The topological polar surface area (TPSA) is 103 Å². The Balaban J connectivity index is 1.88. The van der Waals surface area contributed by atoms with Gasteiger partial charge in [0.05, 0.1) is 18.0 Å². The predicted octanol–water partition coefficient (Wildman–Crippen LogP) is 1.75. The second-order valence-electron chi connectivity index (χ2n) is 7.53. The van der Waals surface area contributed by atoms with E-state index >= 15 is 0 Å². The van der Waals surface area contributed by atoms with Gasteiger partial charge in [0.2, 0.25) is 5.88 Å². The molecule has 4 N–H and O–H groups in total. The van der Waals surface area contributed by atoms with Crippen LogP contribution in [0, 0.1) is 13.8 Å². The molecule has 1 aliphatic rings. The average molecular weight is 420 g/mol. The van der Waals surface area contributed by atoms with Gasteiger partial charge in [0, 0.05) is 17.7 Å². The van der Waals surface area contributed by atoms with Crippen LogP contribution in [0.5, 0.6) is 5.88 Å². The maximum Gasteiger partial charge on any atom is 0.218 e. The molecule has 0 spiro atoms. The number of thioether (sulfide) groups is 1. The number of hydrogen-bond donors (Lipinski definition) is 4. The third kappa shape index (κ3) is 4.92. The number of pyridine rings is 1. The maximum atomic E-state index is 10.4. The lowest BCUT2D eigenvalue weighted by Gasteiger charge is -2.39. The fraction of sp³-hybridized carbons (Fsp3) is 0.500. The zero-order valence-electron chi connectivity index (χ0n) is 16.9. The van der Waals surface area contributed by atoms with Crippen molar-refractivity contribution in [2.75, 3.05) is 6.61 Å². The Hall–Kier alpha value is -1.64. The molecule has 0 saturated carbocycles. The Labute approximate surface area is 175 Å². The number of hydrogen-bond acceptors (Lipinski definition) is 7. The third-order valence-corrected chi connectivity index (χ3v) is 6.75. The molecule has 2 heterocycles. The first kappa shape index (κ1) is 22.1. The molecule has 1 aromatic heterocycles. The third-order valence-electron chi connectivity index (χ3n) is 5.33. The molecule has 5 atom stereocenters. The Bertz CT molecular complexity index is 827. The van der Waals surface area contributed by atoms with Gasteiger partial charge < -0.3 is 25.2 Å². The highest BCUT2D eigenvalue weighted by Gasteiger charge is 2.44. The quantitative estimate of drug-likeness (QED) is 0.566. The summed E-state index contributed by atoms with van der Waals surface area (Å²) >= 11 is 1.11. The molecule has 0 amide bonds. The molecule has 0 bridgehead atoms. The predicted molar refractivity (Wildman–Crippen MR) is 113 cm³/mol. The fourth-order valence-electron chi connectivity index (χ4n) is 3.51. The molecule has 0 radical (unpaired) electrons. The van der Waals surface area contributed by atoms with Crippen molar-refractivity contribution in [3.63, 3.8) is 0 Å². The molecule has 29 heavy (non-hydrogen) atoms. The summed E-state index contributed by atoms with van der Waals surface area (Å²) in [5.41, 5.74) is 4.28. The number of benzene rings is 1. The van der Waals surface area contributed by atoms with E-state index in [4.69, 9.17) is 4.74 Å². The zero-order chi connectivity index (χ0) is 21.1. The monoisotopic (exact) mass is 419 g/mol. The van der Waals surface area contributed by atoms with Gasteiger partial charge >= 0.3 is 0 Å². The highest BCUT2D eigenvalue weighted by molar-refractivity contribution is 8.00. The molecular formula is C22H29NO5S. The van der Waals surface area contributed by atoms with Gasteiger partial charge in [-0.2, -0.15) is 0 Å². The van der Waals surface area contributed by atoms with E-state index in [1.54, 1.807) is 0 Å². The lowest BCUT2D eigenvalue weighted by Crippen LogP contribution is -2.55. The van der Waals surface area contributed by atoms with Gasteiger partial charge in [-0.3, -0.25) is 0 Å². The number of aliphatic hydroxyl groups is 4. The number of aryl methyl sites for hydroxylation is 3. The number of aliphatic hydroxyl groups excluding tert-OH is 4. The highest BCUT2D eigenvalue weighted by atomic mass is 32.2. The Morgan fingerprint density at radius 1 is 1.00 bits per heavy atom. The molecule has 6 nitrogen and oxygen atoms in total. The Kier molecular flexibility index (Phi) is 7.19. The number of nitrogens with zero attached hydrogens (tertiary/aromatic N) is 1. The van der Waals surface area contributed by atoms with Gasteiger partial charge in [-0.05, 0) is 43.0 Å². The van der Waals surface area contributed by atoms with Gasteiger partial charge in [0.15, 0.2) is 5.44 Å². The summed E-state index contributed by atoms with van der Waals surface area (Å²) in [5.74, 6) is 0.402. The van der Waals surface area contributed by atoms with Crippen LogP contribution >= 0.6 is 11.8 Å². The van der Waals surface area contributed by atoms with E-state index in [0.717, 1.165) is 40.6 Å². The number of aromatic nitrogens is 1. The summed E-state index contributed by atoms with van der Waals surface area (Å²) < 4.78 is 6.05. The van der Waals surface area contributed by atoms with Crippen molar-refractivity contribution in [2.45, 2.75) is 62.6 Å². The minimum Gasteiger partial charge on any atom is -0.460 e. The molecule has 1 saturated heterocycles. The standard InChI is InChI=1S/C22H29NO5S/c1-4-14-5-7-15(8-6-14)10-16-12(2)9-13(3)23-21(16)28-22-20(27)19(26)18(25)17(11-24)29-22/h5-9,17-20,22,24-27H,4,10-11H2,1-3H3/t17-,18-,19+,20-,22-/m1/s1. The molecule has 2 aromatic rings. The van der Waals surface area contributed by atoms with Crippen LogP contribution in [0.4, 0.5) is 0 Å². The van der Waals surface area contributed by atoms with Crippen molar-refractivity contribution in [3.8, 4) is 5.88 Å². The van der Waals surface area contributed by atoms with Crippen molar-refractivity contribution < 1.29 is 25.2 Å². The van der Waals surface area contributed by atoms with Gasteiger partial charge in [0.1, 0.15) is 12.2 Å². The molecule has 158 valence electrons. The maximum absolute atomic E-state index is 10.4. The first-order valence-electron chi connectivity index (χ1n) is 9.86. The molecule has 3 rings (SSSR count). The summed E-state index contributed by atoms with van der Waals surface area (Å²) in [4.78, 5) is 4.53. The van der Waals surface area contributed by atoms with Crippen molar-refractivity contribution >= 4 is 11.8 Å². The summed E-state index contributed by atoms with van der Waals surface area (Å²) in [5, 5.41) is 39.4. The van der Waals surface area contributed by atoms with E-state index in [-0.39, 0.29) is 6.61 Å². The minimum atomic E-state index is -1.39.